The van der Waals surface area contributed by atoms with Gasteiger partial charge >= 0.3 is 12.1 Å². The van der Waals surface area contributed by atoms with Crippen molar-refractivity contribution in [3.8, 4) is 0 Å². The lowest BCUT2D eigenvalue weighted by Gasteiger charge is -2.09. The van der Waals surface area contributed by atoms with E-state index in [9.17, 15) is 22.8 Å². The van der Waals surface area contributed by atoms with Crippen molar-refractivity contribution in [2.45, 2.75) is 19.7 Å². The van der Waals surface area contributed by atoms with Gasteiger partial charge in [0.1, 0.15) is 12.3 Å². The molecule has 0 aliphatic rings. The number of benzene rings is 1. The number of aryl methyl sites for hydroxylation is 1. The molecule has 26 heavy (non-hydrogen) atoms. The number of carbonyl (C=O) groups excluding carboxylic acids is 1. The first-order valence-electron chi connectivity index (χ1n) is 7.57. The largest absolute Gasteiger partial charge is 0.456 e. The Balaban J connectivity index is 1.80. The summed E-state index contributed by atoms with van der Waals surface area (Å²) in [4.78, 5) is 28.3. The number of halogens is 3. The highest BCUT2D eigenvalue weighted by Crippen LogP contribution is 2.29. The molecule has 3 aromatic rings. The van der Waals surface area contributed by atoms with Crippen LogP contribution in [0.2, 0.25) is 0 Å². The minimum absolute atomic E-state index is 0.209. The van der Waals surface area contributed by atoms with Crippen molar-refractivity contribution in [3.05, 3.63) is 81.4 Å². The third kappa shape index (κ3) is 3.74. The molecule has 3 rings (SSSR count). The molecule has 0 bridgehead atoms. The number of ether oxygens (including phenoxy) is 1. The predicted octanol–water partition coefficient (Wildman–Crippen LogP) is 3.38. The molecule has 0 radical (unpaired) electrons. The Morgan fingerprint density at radius 1 is 1.19 bits per heavy atom. The molecule has 8 heteroatoms. The maximum absolute atomic E-state index is 12.7. The lowest BCUT2D eigenvalue weighted by molar-refractivity contribution is -0.137. The minimum Gasteiger partial charge on any atom is -0.456 e. The zero-order valence-corrected chi connectivity index (χ0v) is 13.6. The van der Waals surface area contributed by atoms with Gasteiger partial charge in [-0.05, 0) is 42.8 Å². The monoisotopic (exact) mass is 362 g/mol. The van der Waals surface area contributed by atoms with Crippen molar-refractivity contribution >= 4 is 11.6 Å². The van der Waals surface area contributed by atoms with Crippen LogP contribution in [0.15, 0.2) is 53.5 Å². The molecule has 0 aliphatic carbocycles. The van der Waals surface area contributed by atoms with E-state index in [1.807, 2.05) is 6.92 Å². The Hall–Kier alpha value is -3.16. The average molecular weight is 362 g/mol. The van der Waals surface area contributed by atoms with Crippen LogP contribution >= 0.6 is 0 Å². The van der Waals surface area contributed by atoms with Gasteiger partial charge in [0, 0.05) is 12.3 Å². The van der Waals surface area contributed by atoms with Crippen LogP contribution in [0.1, 0.15) is 27.2 Å². The topological polar surface area (TPSA) is 60.7 Å². The zero-order valence-electron chi connectivity index (χ0n) is 13.6. The average Bonchev–Trinajstić information content (AvgIpc) is 2.58. The second-order valence-corrected chi connectivity index (χ2v) is 5.67. The number of carbonyl (C=O) groups is 1. The molecule has 0 atom stereocenters. The van der Waals surface area contributed by atoms with E-state index < -0.39 is 17.7 Å². The standard InChI is InChI=1S/C18H13F3N2O3/c1-11-5-6-23-15(7-11)22-14(9-16(23)24)10-26-17(25)12-3-2-4-13(8-12)18(19,20)21/h2-9H,10H2,1H3. The molecule has 2 heterocycles. The Kier molecular flexibility index (Phi) is 4.50. The van der Waals surface area contributed by atoms with Gasteiger partial charge < -0.3 is 4.74 Å². The van der Waals surface area contributed by atoms with E-state index in [0.29, 0.717) is 11.7 Å². The molecule has 134 valence electrons. The van der Waals surface area contributed by atoms with E-state index >= 15 is 0 Å². The second-order valence-electron chi connectivity index (χ2n) is 5.67. The van der Waals surface area contributed by atoms with Crippen LogP contribution in [-0.4, -0.2) is 15.4 Å². The number of alkyl halides is 3. The number of aromatic nitrogens is 2. The van der Waals surface area contributed by atoms with Gasteiger partial charge in [0.15, 0.2) is 0 Å². The molecule has 0 amide bonds. The van der Waals surface area contributed by atoms with Crippen LogP contribution in [0.5, 0.6) is 0 Å². The molecular formula is C18H13F3N2O3. The molecule has 0 aliphatic heterocycles. The van der Waals surface area contributed by atoms with Crippen molar-refractivity contribution in [2.75, 3.05) is 0 Å². The normalized spacial score (nSPS) is 11.5. The van der Waals surface area contributed by atoms with Crippen LogP contribution in [0.4, 0.5) is 13.2 Å². The van der Waals surface area contributed by atoms with Crippen LogP contribution in [0.25, 0.3) is 5.65 Å². The van der Waals surface area contributed by atoms with E-state index in [0.717, 1.165) is 17.7 Å². The third-order valence-electron chi connectivity index (χ3n) is 3.65. The van der Waals surface area contributed by atoms with Crippen LogP contribution < -0.4 is 5.56 Å². The van der Waals surface area contributed by atoms with Gasteiger partial charge in [-0.15, -0.1) is 0 Å². The minimum atomic E-state index is -4.55. The van der Waals surface area contributed by atoms with Gasteiger partial charge in [-0.1, -0.05) is 6.07 Å². The Morgan fingerprint density at radius 3 is 2.69 bits per heavy atom. The van der Waals surface area contributed by atoms with Crippen molar-refractivity contribution in [1.82, 2.24) is 9.38 Å². The van der Waals surface area contributed by atoms with E-state index in [-0.39, 0.29) is 23.4 Å². The van der Waals surface area contributed by atoms with Gasteiger partial charge in [-0.3, -0.25) is 9.20 Å². The molecule has 0 saturated heterocycles. The molecule has 0 unspecified atom stereocenters. The first kappa shape index (κ1) is 17.7. The smallest absolute Gasteiger partial charge is 0.416 e. The quantitative estimate of drug-likeness (QED) is 0.670. The molecule has 0 fully saturated rings. The molecule has 5 nitrogen and oxygen atoms in total. The fourth-order valence-corrected chi connectivity index (χ4v) is 2.37. The lowest BCUT2D eigenvalue weighted by atomic mass is 10.1. The predicted molar refractivity (Wildman–Crippen MR) is 86.8 cm³/mol. The summed E-state index contributed by atoms with van der Waals surface area (Å²) in [5.74, 6) is -0.928. The molecule has 0 saturated carbocycles. The summed E-state index contributed by atoms with van der Waals surface area (Å²) in [6.07, 6.45) is -2.97. The van der Waals surface area contributed by atoms with E-state index in [4.69, 9.17) is 4.74 Å². The lowest BCUT2D eigenvalue weighted by Crippen LogP contribution is -2.17. The summed E-state index contributed by atoms with van der Waals surface area (Å²) in [5.41, 5.74) is -0.0173. The summed E-state index contributed by atoms with van der Waals surface area (Å²) in [5, 5.41) is 0. The fourth-order valence-electron chi connectivity index (χ4n) is 2.37. The summed E-state index contributed by atoms with van der Waals surface area (Å²) in [6, 6.07) is 8.59. The Labute approximate surface area is 145 Å². The first-order valence-corrected chi connectivity index (χ1v) is 7.57. The summed E-state index contributed by atoms with van der Waals surface area (Å²) < 4.78 is 44.5. The molecule has 2 aromatic heterocycles. The fraction of sp³-hybridized carbons (Fsp3) is 0.167. The highest BCUT2D eigenvalue weighted by Gasteiger charge is 2.31. The van der Waals surface area contributed by atoms with Crippen molar-refractivity contribution in [1.29, 1.82) is 0 Å². The van der Waals surface area contributed by atoms with Gasteiger partial charge in [0.2, 0.25) is 0 Å². The summed E-state index contributed by atoms with van der Waals surface area (Å²) >= 11 is 0. The van der Waals surface area contributed by atoms with Crippen molar-refractivity contribution in [2.24, 2.45) is 0 Å². The Morgan fingerprint density at radius 2 is 1.96 bits per heavy atom. The summed E-state index contributed by atoms with van der Waals surface area (Å²) in [7, 11) is 0. The Bertz CT molecular complexity index is 1040. The number of pyridine rings is 1. The van der Waals surface area contributed by atoms with Gasteiger partial charge in [0.25, 0.3) is 5.56 Å². The molecule has 1 aromatic carbocycles. The highest BCUT2D eigenvalue weighted by atomic mass is 19.4. The van der Waals surface area contributed by atoms with E-state index in [2.05, 4.69) is 4.98 Å². The van der Waals surface area contributed by atoms with Gasteiger partial charge in [-0.25, -0.2) is 9.78 Å². The molecule has 0 spiro atoms. The molecule has 0 N–H and O–H groups in total. The van der Waals surface area contributed by atoms with Gasteiger partial charge in [-0.2, -0.15) is 13.2 Å². The van der Waals surface area contributed by atoms with Crippen LogP contribution in [-0.2, 0) is 17.5 Å². The maximum atomic E-state index is 12.7. The van der Waals surface area contributed by atoms with E-state index in [1.165, 1.54) is 16.5 Å². The number of hydrogen-bond donors (Lipinski definition) is 0. The number of rotatable bonds is 3. The number of hydrogen-bond acceptors (Lipinski definition) is 4. The number of nitrogens with zero attached hydrogens (tertiary/aromatic N) is 2. The highest BCUT2D eigenvalue weighted by molar-refractivity contribution is 5.89. The summed E-state index contributed by atoms with van der Waals surface area (Å²) in [6.45, 7) is 1.52. The second kappa shape index (κ2) is 6.62. The molecular weight excluding hydrogens is 349 g/mol. The first-order chi connectivity index (χ1) is 12.2. The number of fused-ring (bicyclic) bond motifs is 1. The SMILES string of the molecule is Cc1ccn2c(=O)cc(COC(=O)c3cccc(C(F)(F)F)c3)nc2c1. The van der Waals surface area contributed by atoms with Crippen LogP contribution in [0.3, 0.4) is 0 Å². The van der Waals surface area contributed by atoms with Gasteiger partial charge in [0.05, 0.1) is 16.8 Å². The van der Waals surface area contributed by atoms with E-state index in [1.54, 1.807) is 18.3 Å². The van der Waals surface area contributed by atoms with Crippen molar-refractivity contribution in [3.63, 3.8) is 0 Å². The van der Waals surface area contributed by atoms with Crippen LogP contribution in [0, 0.1) is 6.92 Å². The maximum Gasteiger partial charge on any atom is 0.416 e. The zero-order chi connectivity index (χ0) is 18.9. The third-order valence-corrected chi connectivity index (χ3v) is 3.65. The van der Waals surface area contributed by atoms with Crippen molar-refractivity contribution < 1.29 is 22.7 Å². The number of esters is 1.